The Morgan fingerprint density at radius 3 is 1.59 bits per heavy atom. The van der Waals surface area contributed by atoms with Crippen molar-refractivity contribution in [2.75, 3.05) is 27.4 Å². The summed E-state index contributed by atoms with van der Waals surface area (Å²) in [4.78, 5) is 0. The molecular formula is C23H47O5P. The second kappa shape index (κ2) is 17.7. The second-order valence-electron chi connectivity index (χ2n) is 8.37. The maximum atomic E-state index is 11.8. The molecule has 1 fully saturated rings. The van der Waals surface area contributed by atoms with Gasteiger partial charge in [-0.1, -0.05) is 103 Å². The number of rotatable bonds is 22. The molecule has 1 heterocycles. The quantitative estimate of drug-likeness (QED) is 0.100. The average Bonchev–Trinajstić information content (AvgIpc) is 3.41. The molecule has 0 bridgehead atoms. The summed E-state index contributed by atoms with van der Waals surface area (Å²) in [7, 11) is 0.117. The molecule has 29 heavy (non-hydrogen) atoms. The van der Waals surface area contributed by atoms with Gasteiger partial charge in [0, 0.05) is 20.8 Å². The lowest BCUT2D eigenvalue weighted by Crippen LogP contribution is -2.24. The molecular weight excluding hydrogens is 387 g/mol. The van der Waals surface area contributed by atoms with Gasteiger partial charge in [-0.25, -0.2) is 0 Å². The summed E-state index contributed by atoms with van der Waals surface area (Å²) in [6.07, 6.45) is 21.6. The van der Waals surface area contributed by atoms with Gasteiger partial charge in [-0.05, 0) is 6.42 Å². The number of hydrogen-bond donors (Lipinski definition) is 0. The monoisotopic (exact) mass is 434 g/mol. The van der Waals surface area contributed by atoms with E-state index in [0.29, 0.717) is 6.61 Å². The smallest absolute Gasteiger partial charge is 0.363 e. The number of hydrogen-bond acceptors (Lipinski definition) is 5. The van der Waals surface area contributed by atoms with Crippen molar-refractivity contribution in [3.63, 3.8) is 0 Å². The van der Waals surface area contributed by atoms with E-state index >= 15 is 0 Å². The van der Waals surface area contributed by atoms with Gasteiger partial charge in [0.2, 0.25) is 0 Å². The fourth-order valence-corrected chi connectivity index (χ4v) is 5.28. The van der Waals surface area contributed by atoms with Gasteiger partial charge in [0.1, 0.15) is 6.10 Å². The molecule has 1 aliphatic heterocycles. The van der Waals surface area contributed by atoms with E-state index in [1.807, 2.05) is 0 Å². The third-order valence-electron chi connectivity index (χ3n) is 5.82. The van der Waals surface area contributed by atoms with Crippen molar-refractivity contribution >= 4 is 7.60 Å². The molecule has 0 N–H and O–H groups in total. The molecule has 174 valence electrons. The number of ether oxygens (including phenoxy) is 2. The van der Waals surface area contributed by atoms with Gasteiger partial charge in [-0.3, -0.25) is 9.09 Å². The Labute approximate surface area is 180 Å². The number of unbranched alkanes of at least 4 members (excludes halogenated alkanes) is 15. The Morgan fingerprint density at radius 2 is 1.21 bits per heavy atom. The van der Waals surface area contributed by atoms with Crippen LogP contribution in [0, 0.1) is 0 Å². The van der Waals surface area contributed by atoms with Crippen LogP contribution in [0.5, 0.6) is 0 Å². The van der Waals surface area contributed by atoms with Crippen LogP contribution < -0.4 is 0 Å². The molecule has 5 nitrogen and oxygen atoms in total. The van der Waals surface area contributed by atoms with E-state index in [2.05, 4.69) is 6.92 Å². The highest BCUT2D eigenvalue weighted by Crippen LogP contribution is 2.71. The molecule has 0 aromatic carbocycles. The molecule has 6 heteroatoms. The van der Waals surface area contributed by atoms with Gasteiger partial charge in [-0.15, -0.1) is 0 Å². The lowest BCUT2D eigenvalue weighted by Gasteiger charge is -2.12. The summed E-state index contributed by atoms with van der Waals surface area (Å²) in [5, 5.41) is 0. The van der Waals surface area contributed by atoms with Crippen molar-refractivity contribution in [3.05, 3.63) is 0 Å². The highest BCUT2D eigenvalue weighted by molar-refractivity contribution is 7.60. The van der Waals surface area contributed by atoms with Gasteiger partial charge in [0.15, 0.2) is 5.85 Å². The first-order chi connectivity index (χ1) is 14.2. The summed E-state index contributed by atoms with van der Waals surface area (Å²) < 4.78 is 32.8. The molecule has 1 saturated heterocycles. The Balaban J connectivity index is 1.76. The van der Waals surface area contributed by atoms with Crippen LogP contribution in [0.1, 0.15) is 110 Å². The first kappa shape index (κ1) is 27.1. The summed E-state index contributed by atoms with van der Waals surface area (Å²) in [6.45, 7) is 3.41. The standard InChI is InChI=1S/C23H47O5P/c1-4-5-6-7-8-9-10-11-12-13-14-15-16-17-18-19-20-27-21-22(25-2)23-28-29(23,24)26-3/h22-23H,4-21H2,1-3H3. The van der Waals surface area contributed by atoms with E-state index in [-0.39, 0.29) is 6.10 Å². The molecule has 0 radical (unpaired) electrons. The normalized spacial score (nSPS) is 22.1. The zero-order valence-electron chi connectivity index (χ0n) is 19.4. The van der Waals surface area contributed by atoms with E-state index in [1.54, 1.807) is 7.11 Å². The van der Waals surface area contributed by atoms with Crippen LogP contribution in [-0.4, -0.2) is 39.4 Å². The van der Waals surface area contributed by atoms with Crippen molar-refractivity contribution in [2.24, 2.45) is 0 Å². The van der Waals surface area contributed by atoms with Crippen molar-refractivity contribution < 1.29 is 23.1 Å². The fraction of sp³-hybridized carbons (Fsp3) is 1.00. The molecule has 0 aliphatic carbocycles. The molecule has 0 saturated carbocycles. The van der Waals surface area contributed by atoms with Gasteiger partial charge < -0.3 is 14.0 Å². The largest absolute Gasteiger partial charge is 0.379 e. The van der Waals surface area contributed by atoms with E-state index in [4.69, 9.17) is 18.5 Å². The summed E-state index contributed by atoms with van der Waals surface area (Å²) in [5.41, 5.74) is 0. The lowest BCUT2D eigenvalue weighted by atomic mass is 10.0. The maximum Gasteiger partial charge on any atom is 0.363 e. The van der Waals surface area contributed by atoms with E-state index in [1.165, 1.54) is 103 Å². The highest BCUT2D eigenvalue weighted by Gasteiger charge is 2.58. The van der Waals surface area contributed by atoms with Crippen LogP contribution in [0.15, 0.2) is 0 Å². The van der Waals surface area contributed by atoms with Gasteiger partial charge in [0.05, 0.1) is 6.61 Å². The van der Waals surface area contributed by atoms with Crippen LogP contribution in [0.25, 0.3) is 0 Å². The number of methoxy groups -OCH3 is 1. The molecule has 0 aromatic rings. The summed E-state index contributed by atoms with van der Waals surface area (Å²) in [5.74, 6) is -0.455. The summed E-state index contributed by atoms with van der Waals surface area (Å²) >= 11 is 0. The van der Waals surface area contributed by atoms with E-state index in [9.17, 15) is 4.57 Å². The zero-order valence-corrected chi connectivity index (χ0v) is 20.3. The third-order valence-corrected chi connectivity index (χ3v) is 7.70. The Morgan fingerprint density at radius 1 is 0.759 bits per heavy atom. The Hall–Kier alpha value is 0.0700. The molecule has 0 aromatic heterocycles. The van der Waals surface area contributed by atoms with Gasteiger partial charge in [-0.2, -0.15) is 0 Å². The van der Waals surface area contributed by atoms with Crippen molar-refractivity contribution in [1.82, 2.24) is 0 Å². The maximum absolute atomic E-state index is 11.8. The van der Waals surface area contributed by atoms with Crippen LogP contribution in [-0.2, 0) is 23.1 Å². The third kappa shape index (κ3) is 13.2. The molecule has 1 rings (SSSR count). The zero-order chi connectivity index (χ0) is 21.2. The van der Waals surface area contributed by atoms with E-state index < -0.39 is 13.4 Å². The topological polar surface area (TPSA) is 57.3 Å². The first-order valence-electron chi connectivity index (χ1n) is 12.1. The minimum atomic E-state index is -2.88. The van der Waals surface area contributed by atoms with E-state index in [0.717, 1.165) is 13.0 Å². The fourth-order valence-electron chi connectivity index (χ4n) is 3.76. The Bertz CT molecular complexity index is 418. The molecule has 3 unspecified atom stereocenters. The second-order valence-corrected chi connectivity index (χ2v) is 10.5. The first-order valence-corrected chi connectivity index (χ1v) is 13.7. The van der Waals surface area contributed by atoms with Crippen LogP contribution in [0.2, 0.25) is 0 Å². The van der Waals surface area contributed by atoms with Gasteiger partial charge in [0.25, 0.3) is 0 Å². The van der Waals surface area contributed by atoms with Crippen LogP contribution in [0.4, 0.5) is 0 Å². The SMILES string of the molecule is CCCCCCCCCCCCCCCCCCOCC(OC)C1OP1(=O)OC. The van der Waals surface area contributed by atoms with Crippen molar-refractivity contribution in [2.45, 2.75) is 122 Å². The predicted molar refractivity (Wildman–Crippen MR) is 121 cm³/mol. The molecule has 0 amide bonds. The van der Waals surface area contributed by atoms with Crippen LogP contribution >= 0.6 is 7.60 Å². The minimum absolute atomic E-state index is 0.304. The van der Waals surface area contributed by atoms with Crippen LogP contribution in [0.3, 0.4) is 0 Å². The molecule has 3 atom stereocenters. The molecule has 0 spiro atoms. The summed E-state index contributed by atoms with van der Waals surface area (Å²) in [6, 6.07) is 0. The van der Waals surface area contributed by atoms with Crippen molar-refractivity contribution in [3.8, 4) is 0 Å². The van der Waals surface area contributed by atoms with Gasteiger partial charge >= 0.3 is 7.60 Å². The molecule has 1 aliphatic rings. The predicted octanol–water partition coefficient (Wildman–Crippen LogP) is 7.48. The Kier molecular flexibility index (Phi) is 16.6. The lowest BCUT2D eigenvalue weighted by molar-refractivity contribution is -0.00625. The van der Waals surface area contributed by atoms with Crippen molar-refractivity contribution in [1.29, 1.82) is 0 Å². The average molecular weight is 435 g/mol. The minimum Gasteiger partial charge on any atom is -0.379 e. The highest BCUT2D eigenvalue weighted by atomic mass is 31.2.